The predicted molar refractivity (Wildman–Crippen MR) is 97.1 cm³/mol. The van der Waals surface area contributed by atoms with Gasteiger partial charge in [-0.25, -0.2) is 4.79 Å². The van der Waals surface area contributed by atoms with Crippen LogP contribution in [-0.4, -0.2) is 47.0 Å². The molecule has 140 valence electrons. The summed E-state index contributed by atoms with van der Waals surface area (Å²) in [6.45, 7) is 0.778. The number of carbonyl (C=O) groups excluding carboxylic acids is 2. The molecule has 2 aliphatic rings. The van der Waals surface area contributed by atoms with Crippen LogP contribution in [0.5, 0.6) is 0 Å². The first-order valence-electron chi connectivity index (χ1n) is 9.22. The van der Waals surface area contributed by atoms with Gasteiger partial charge in [-0.15, -0.1) is 0 Å². The maximum atomic E-state index is 12.3. The Morgan fingerprint density at radius 1 is 1.00 bits per heavy atom. The summed E-state index contributed by atoms with van der Waals surface area (Å²) in [4.78, 5) is 37.2. The fraction of sp³-hybridized carbons (Fsp3) is 0.526. The standard InChI is InChI=1S/C19H25N3O4/c23-17(20-15-5-1-2-6-15)13-7-9-16(10-8-13)21-19(26)22-11-3-4-14(12-22)18(24)25/h7-10,14-15H,1-6,11-12H2,(H,20,23)(H,21,26)(H,24,25). The van der Waals surface area contributed by atoms with Gasteiger partial charge in [-0.2, -0.15) is 0 Å². The second kappa shape index (κ2) is 8.21. The molecule has 3 N–H and O–H groups in total. The lowest BCUT2D eigenvalue weighted by Crippen LogP contribution is -2.44. The highest BCUT2D eigenvalue weighted by Crippen LogP contribution is 2.20. The Morgan fingerprint density at radius 2 is 1.69 bits per heavy atom. The molecule has 3 amide bonds. The number of aliphatic carboxylic acids is 1. The van der Waals surface area contributed by atoms with Crippen molar-refractivity contribution in [3.63, 3.8) is 0 Å². The zero-order valence-electron chi connectivity index (χ0n) is 14.7. The number of rotatable bonds is 4. The summed E-state index contributed by atoms with van der Waals surface area (Å²) >= 11 is 0. The van der Waals surface area contributed by atoms with Gasteiger partial charge >= 0.3 is 12.0 Å². The molecule has 2 fully saturated rings. The third-order valence-electron chi connectivity index (χ3n) is 5.15. The van der Waals surface area contributed by atoms with E-state index in [0.717, 1.165) is 25.7 Å². The molecule has 1 unspecified atom stereocenters. The van der Waals surface area contributed by atoms with Crippen molar-refractivity contribution in [1.29, 1.82) is 0 Å². The minimum Gasteiger partial charge on any atom is -0.481 e. The van der Waals surface area contributed by atoms with E-state index < -0.39 is 11.9 Å². The van der Waals surface area contributed by atoms with Gasteiger partial charge in [0.15, 0.2) is 0 Å². The van der Waals surface area contributed by atoms with Crippen LogP contribution in [0.1, 0.15) is 48.9 Å². The van der Waals surface area contributed by atoms with Crippen LogP contribution < -0.4 is 10.6 Å². The van der Waals surface area contributed by atoms with Crippen molar-refractivity contribution >= 4 is 23.6 Å². The number of urea groups is 1. The Balaban J connectivity index is 1.54. The SMILES string of the molecule is O=C(NC1CCCC1)c1ccc(NC(=O)N2CCCC(C(=O)O)C2)cc1. The molecule has 0 bridgehead atoms. The van der Waals surface area contributed by atoms with E-state index in [1.807, 2.05) is 0 Å². The number of carbonyl (C=O) groups is 3. The van der Waals surface area contributed by atoms with Crippen molar-refractivity contribution in [2.75, 3.05) is 18.4 Å². The number of hydrogen-bond donors (Lipinski definition) is 3. The summed E-state index contributed by atoms with van der Waals surface area (Å²) in [5, 5.41) is 14.9. The monoisotopic (exact) mass is 359 g/mol. The number of piperidine rings is 1. The lowest BCUT2D eigenvalue weighted by Gasteiger charge is -2.30. The predicted octanol–water partition coefficient (Wildman–Crippen LogP) is 2.69. The summed E-state index contributed by atoms with van der Waals surface area (Å²) in [6, 6.07) is 6.73. The maximum absolute atomic E-state index is 12.3. The van der Waals surface area contributed by atoms with Crippen molar-refractivity contribution in [2.45, 2.75) is 44.6 Å². The van der Waals surface area contributed by atoms with Gasteiger partial charge in [-0.3, -0.25) is 9.59 Å². The molecular weight excluding hydrogens is 334 g/mol. The highest BCUT2D eigenvalue weighted by Gasteiger charge is 2.28. The number of hydrogen-bond acceptors (Lipinski definition) is 3. The average Bonchev–Trinajstić information content (AvgIpc) is 3.15. The number of carboxylic acid groups (broad SMARTS) is 1. The summed E-state index contributed by atoms with van der Waals surface area (Å²) < 4.78 is 0. The molecule has 1 saturated heterocycles. The van der Waals surface area contributed by atoms with Crippen LogP contribution in [0.2, 0.25) is 0 Å². The largest absolute Gasteiger partial charge is 0.481 e. The molecule has 0 aromatic heterocycles. The number of carboxylic acids is 1. The van der Waals surface area contributed by atoms with Gasteiger partial charge in [0.25, 0.3) is 5.91 Å². The average molecular weight is 359 g/mol. The Kier molecular flexibility index (Phi) is 5.75. The zero-order chi connectivity index (χ0) is 18.5. The lowest BCUT2D eigenvalue weighted by atomic mass is 9.99. The molecule has 7 nitrogen and oxygen atoms in total. The highest BCUT2D eigenvalue weighted by molar-refractivity contribution is 5.95. The minimum absolute atomic E-state index is 0.0879. The van der Waals surface area contributed by atoms with Crippen molar-refractivity contribution in [3.05, 3.63) is 29.8 Å². The van der Waals surface area contributed by atoms with Crippen LogP contribution >= 0.6 is 0 Å². The summed E-state index contributed by atoms with van der Waals surface area (Å²) in [7, 11) is 0. The van der Waals surface area contributed by atoms with Crippen LogP contribution in [0.25, 0.3) is 0 Å². The summed E-state index contributed by atoms with van der Waals surface area (Å²) in [6.07, 6.45) is 5.68. The smallest absolute Gasteiger partial charge is 0.321 e. The molecule has 1 aliphatic carbocycles. The van der Waals surface area contributed by atoms with E-state index in [0.29, 0.717) is 30.6 Å². The third kappa shape index (κ3) is 4.53. The number of nitrogens with one attached hydrogen (secondary N) is 2. The number of amides is 3. The molecule has 1 aromatic carbocycles. The maximum Gasteiger partial charge on any atom is 0.321 e. The Bertz CT molecular complexity index is 668. The van der Waals surface area contributed by atoms with E-state index in [1.165, 1.54) is 4.90 Å². The minimum atomic E-state index is -0.861. The first-order chi connectivity index (χ1) is 12.5. The molecule has 7 heteroatoms. The Labute approximate surface area is 152 Å². The second-order valence-electron chi connectivity index (χ2n) is 7.09. The van der Waals surface area contributed by atoms with Gasteiger partial charge in [-0.1, -0.05) is 12.8 Å². The molecule has 1 saturated carbocycles. The van der Waals surface area contributed by atoms with Crippen LogP contribution in [0.3, 0.4) is 0 Å². The molecule has 3 rings (SSSR count). The molecule has 1 heterocycles. The molecule has 1 aromatic rings. The molecule has 0 radical (unpaired) electrons. The fourth-order valence-electron chi connectivity index (χ4n) is 3.61. The molecule has 1 atom stereocenters. The van der Waals surface area contributed by atoms with Crippen LogP contribution in [-0.2, 0) is 4.79 Å². The van der Waals surface area contributed by atoms with E-state index in [9.17, 15) is 14.4 Å². The number of nitrogens with zero attached hydrogens (tertiary/aromatic N) is 1. The van der Waals surface area contributed by atoms with Crippen LogP contribution in [0.15, 0.2) is 24.3 Å². The second-order valence-corrected chi connectivity index (χ2v) is 7.09. The van der Waals surface area contributed by atoms with Crippen molar-refractivity contribution in [1.82, 2.24) is 10.2 Å². The van der Waals surface area contributed by atoms with Gasteiger partial charge < -0.3 is 20.6 Å². The van der Waals surface area contributed by atoms with Crippen molar-refractivity contribution in [3.8, 4) is 0 Å². The lowest BCUT2D eigenvalue weighted by molar-refractivity contribution is -0.143. The number of benzene rings is 1. The Hall–Kier alpha value is -2.57. The third-order valence-corrected chi connectivity index (χ3v) is 5.15. The normalized spacial score (nSPS) is 20.6. The van der Waals surface area contributed by atoms with Crippen molar-refractivity contribution in [2.24, 2.45) is 5.92 Å². The molecule has 26 heavy (non-hydrogen) atoms. The van der Waals surface area contributed by atoms with E-state index in [-0.39, 0.29) is 24.5 Å². The van der Waals surface area contributed by atoms with Crippen LogP contribution in [0, 0.1) is 5.92 Å². The Morgan fingerprint density at radius 3 is 2.35 bits per heavy atom. The zero-order valence-corrected chi connectivity index (χ0v) is 14.7. The number of anilines is 1. The van der Waals surface area contributed by atoms with Gasteiger partial charge in [0.05, 0.1) is 5.92 Å². The topological polar surface area (TPSA) is 98.7 Å². The highest BCUT2D eigenvalue weighted by atomic mass is 16.4. The van der Waals surface area contributed by atoms with E-state index in [4.69, 9.17) is 5.11 Å². The fourth-order valence-corrected chi connectivity index (χ4v) is 3.61. The number of likely N-dealkylation sites (tertiary alicyclic amines) is 1. The van der Waals surface area contributed by atoms with Crippen LogP contribution in [0.4, 0.5) is 10.5 Å². The van der Waals surface area contributed by atoms with E-state index >= 15 is 0 Å². The van der Waals surface area contributed by atoms with E-state index in [1.54, 1.807) is 24.3 Å². The first-order valence-corrected chi connectivity index (χ1v) is 9.22. The molecule has 1 aliphatic heterocycles. The quantitative estimate of drug-likeness (QED) is 0.770. The first kappa shape index (κ1) is 18.2. The molecule has 0 spiro atoms. The van der Waals surface area contributed by atoms with Gasteiger partial charge in [0.2, 0.25) is 0 Å². The summed E-state index contributed by atoms with van der Waals surface area (Å²) in [5.74, 6) is -1.45. The van der Waals surface area contributed by atoms with Gasteiger partial charge in [-0.05, 0) is 49.9 Å². The summed E-state index contributed by atoms with van der Waals surface area (Å²) in [5.41, 5.74) is 1.16. The van der Waals surface area contributed by atoms with Gasteiger partial charge in [0.1, 0.15) is 0 Å². The molecular formula is C19H25N3O4. The van der Waals surface area contributed by atoms with E-state index in [2.05, 4.69) is 10.6 Å². The van der Waals surface area contributed by atoms with Gasteiger partial charge in [0, 0.05) is 30.4 Å². The van der Waals surface area contributed by atoms with Crippen molar-refractivity contribution < 1.29 is 19.5 Å².